The van der Waals surface area contributed by atoms with Crippen molar-refractivity contribution in [3.05, 3.63) is 47.2 Å². The summed E-state index contributed by atoms with van der Waals surface area (Å²) in [6.07, 6.45) is 3.71. The maximum absolute atomic E-state index is 12.3. The van der Waals surface area contributed by atoms with Gasteiger partial charge in [-0.2, -0.15) is 0 Å². The Labute approximate surface area is 142 Å². The Morgan fingerprint density at radius 3 is 2.62 bits per heavy atom. The molecular weight excluding hydrogens is 306 g/mol. The summed E-state index contributed by atoms with van der Waals surface area (Å²) in [5.41, 5.74) is 1.38. The van der Waals surface area contributed by atoms with Crippen LogP contribution in [0.2, 0.25) is 0 Å². The van der Waals surface area contributed by atoms with Gasteiger partial charge in [-0.25, -0.2) is 0 Å². The van der Waals surface area contributed by atoms with E-state index in [4.69, 9.17) is 5.11 Å². The van der Waals surface area contributed by atoms with Gasteiger partial charge in [0, 0.05) is 25.6 Å². The van der Waals surface area contributed by atoms with E-state index in [0.717, 1.165) is 18.4 Å². The van der Waals surface area contributed by atoms with Crippen LogP contribution >= 0.6 is 0 Å². The monoisotopic (exact) mass is 331 g/mol. The molecule has 0 bridgehead atoms. The highest BCUT2D eigenvalue weighted by Gasteiger charge is 2.27. The van der Waals surface area contributed by atoms with E-state index in [1.165, 1.54) is 6.21 Å². The Balaban J connectivity index is 1.86. The van der Waals surface area contributed by atoms with Crippen LogP contribution in [0.5, 0.6) is 0 Å². The van der Waals surface area contributed by atoms with Crippen molar-refractivity contribution in [1.29, 1.82) is 0 Å². The van der Waals surface area contributed by atoms with Crippen molar-refractivity contribution in [3.63, 3.8) is 0 Å². The number of rotatable bonds is 8. The van der Waals surface area contributed by atoms with Crippen LogP contribution < -0.4 is 0 Å². The minimum Gasteiger partial charge on any atom is -0.511 e. The van der Waals surface area contributed by atoms with E-state index < -0.39 is 6.10 Å². The van der Waals surface area contributed by atoms with Crippen molar-refractivity contribution >= 4 is 12.0 Å². The van der Waals surface area contributed by atoms with Crippen LogP contribution in [-0.4, -0.2) is 46.6 Å². The van der Waals surface area contributed by atoms with Gasteiger partial charge in [0.2, 0.25) is 0 Å². The number of hydrogen-bond acceptors (Lipinski definition) is 5. The number of aliphatic imine (C=N–C) groups is 1. The molecule has 1 aliphatic rings. The van der Waals surface area contributed by atoms with Crippen LogP contribution in [0.15, 0.2) is 46.7 Å². The number of carbonyl (C=O) groups is 1. The van der Waals surface area contributed by atoms with Crippen LogP contribution in [0.3, 0.4) is 0 Å². The first kappa shape index (κ1) is 18.4. The Hall–Kier alpha value is -1.98. The number of carbonyl (C=O) groups excluding carboxylic acids is 1. The number of aliphatic hydroxyl groups is 3. The van der Waals surface area contributed by atoms with Crippen molar-refractivity contribution in [2.24, 2.45) is 4.99 Å². The number of allylic oxidation sites excluding steroid dienone is 2. The molecule has 0 radical (unpaired) electrons. The molecule has 0 aliphatic heterocycles. The second-order valence-electron chi connectivity index (χ2n) is 6.17. The SMILES string of the molecule is O=C1CC(c2ccccc2)CC(O)=C1C=NCCCCC(O)CO. The lowest BCUT2D eigenvalue weighted by Gasteiger charge is -2.22. The van der Waals surface area contributed by atoms with E-state index in [2.05, 4.69) is 4.99 Å². The zero-order valence-corrected chi connectivity index (χ0v) is 13.8. The molecule has 0 heterocycles. The highest BCUT2D eigenvalue weighted by Crippen LogP contribution is 2.32. The molecule has 2 atom stereocenters. The molecule has 0 aromatic heterocycles. The lowest BCUT2D eigenvalue weighted by molar-refractivity contribution is -0.116. The van der Waals surface area contributed by atoms with Crippen LogP contribution in [0.1, 0.15) is 43.6 Å². The largest absolute Gasteiger partial charge is 0.511 e. The molecule has 0 saturated heterocycles. The molecule has 3 N–H and O–H groups in total. The molecule has 1 aromatic carbocycles. The van der Waals surface area contributed by atoms with Crippen LogP contribution in [-0.2, 0) is 4.79 Å². The van der Waals surface area contributed by atoms with Crippen molar-refractivity contribution in [3.8, 4) is 0 Å². The molecule has 2 unspecified atom stereocenters. The summed E-state index contributed by atoms with van der Waals surface area (Å²) in [4.78, 5) is 16.5. The fraction of sp³-hybridized carbons (Fsp3) is 0.474. The quantitative estimate of drug-likeness (QED) is 0.504. The molecule has 0 amide bonds. The predicted molar refractivity (Wildman–Crippen MR) is 93.4 cm³/mol. The predicted octanol–water partition coefficient (Wildman–Crippen LogP) is 2.54. The van der Waals surface area contributed by atoms with Gasteiger partial charge >= 0.3 is 0 Å². The van der Waals surface area contributed by atoms with Gasteiger partial charge in [0.25, 0.3) is 0 Å². The number of Topliss-reactive ketones (excluding diaryl/α,β-unsaturated/α-hetero) is 1. The molecule has 2 rings (SSSR count). The third-order valence-electron chi connectivity index (χ3n) is 4.26. The highest BCUT2D eigenvalue weighted by molar-refractivity contribution is 6.14. The number of unbranched alkanes of at least 4 members (excludes halogenated alkanes) is 1. The van der Waals surface area contributed by atoms with Crippen molar-refractivity contribution in [1.82, 2.24) is 0 Å². The van der Waals surface area contributed by atoms with E-state index >= 15 is 0 Å². The number of aliphatic hydroxyl groups excluding tert-OH is 3. The molecule has 0 saturated carbocycles. The molecule has 1 aliphatic carbocycles. The van der Waals surface area contributed by atoms with Gasteiger partial charge in [0.1, 0.15) is 5.76 Å². The zero-order chi connectivity index (χ0) is 17.4. The second kappa shape index (κ2) is 9.35. The van der Waals surface area contributed by atoms with Gasteiger partial charge in [0.05, 0.1) is 18.3 Å². The number of hydrogen-bond donors (Lipinski definition) is 3. The smallest absolute Gasteiger partial charge is 0.168 e. The van der Waals surface area contributed by atoms with Crippen molar-refractivity contribution in [2.45, 2.75) is 44.1 Å². The minimum absolute atomic E-state index is 0.0239. The summed E-state index contributed by atoms with van der Waals surface area (Å²) in [5.74, 6) is 0.0578. The van der Waals surface area contributed by atoms with E-state index in [0.29, 0.717) is 31.4 Å². The zero-order valence-electron chi connectivity index (χ0n) is 13.8. The highest BCUT2D eigenvalue weighted by atomic mass is 16.3. The lowest BCUT2D eigenvalue weighted by atomic mass is 9.83. The topological polar surface area (TPSA) is 90.1 Å². The van der Waals surface area contributed by atoms with Gasteiger partial charge in [0.15, 0.2) is 5.78 Å². The molecule has 5 heteroatoms. The molecule has 24 heavy (non-hydrogen) atoms. The number of ketones is 1. The standard InChI is InChI=1S/C19H25NO4/c21-13-16(22)8-4-5-9-20-12-17-18(23)10-15(11-19(17)24)14-6-2-1-3-7-14/h1-3,6-7,12,15-16,21-23H,4-5,8-11,13H2. The normalized spacial score (nSPS) is 19.9. The van der Waals surface area contributed by atoms with Gasteiger partial charge in [-0.1, -0.05) is 30.3 Å². The van der Waals surface area contributed by atoms with Crippen LogP contribution in [0.25, 0.3) is 0 Å². The first-order chi connectivity index (χ1) is 11.6. The Morgan fingerprint density at radius 2 is 1.96 bits per heavy atom. The maximum atomic E-state index is 12.3. The maximum Gasteiger partial charge on any atom is 0.168 e. The van der Waals surface area contributed by atoms with Gasteiger partial charge in [-0.3, -0.25) is 9.79 Å². The van der Waals surface area contributed by atoms with Crippen molar-refractivity contribution < 1.29 is 20.1 Å². The molecule has 130 valence electrons. The van der Waals surface area contributed by atoms with Gasteiger partial charge in [-0.15, -0.1) is 0 Å². The molecule has 5 nitrogen and oxygen atoms in total. The first-order valence-corrected chi connectivity index (χ1v) is 8.40. The average molecular weight is 331 g/mol. The third kappa shape index (κ3) is 5.28. The first-order valence-electron chi connectivity index (χ1n) is 8.40. The van der Waals surface area contributed by atoms with Crippen LogP contribution in [0, 0.1) is 0 Å². The molecular formula is C19H25NO4. The fourth-order valence-electron chi connectivity index (χ4n) is 2.85. The Bertz CT molecular complexity index is 595. The third-order valence-corrected chi connectivity index (χ3v) is 4.26. The van der Waals surface area contributed by atoms with Gasteiger partial charge < -0.3 is 15.3 Å². The molecule has 0 fully saturated rings. The van der Waals surface area contributed by atoms with E-state index in [1.807, 2.05) is 30.3 Å². The van der Waals surface area contributed by atoms with Crippen LogP contribution in [0.4, 0.5) is 0 Å². The van der Waals surface area contributed by atoms with Gasteiger partial charge in [-0.05, 0) is 30.7 Å². The summed E-state index contributed by atoms with van der Waals surface area (Å²) in [7, 11) is 0. The Kier molecular flexibility index (Phi) is 7.15. The lowest BCUT2D eigenvalue weighted by Crippen LogP contribution is -2.19. The molecule has 1 aromatic rings. The van der Waals surface area contributed by atoms with E-state index in [-0.39, 0.29) is 24.1 Å². The molecule has 0 spiro atoms. The number of nitrogens with zero attached hydrogens (tertiary/aromatic N) is 1. The minimum atomic E-state index is -0.671. The summed E-state index contributed by atoms with van der Waals surface area (Å²) >= 11 is 0. The number of benzene rings is 1. The fourth-order valence-corrected chi connectivity index (χ4v) is 2.85. The Morgan fingerprint density at radius 1 is 1.21 bits per heavy atom. The second-order valence-corrected chi connectivity index (χ2v) is 6.17. The summed E-state index contributed by atoms with van der Waals surface area (Å²) in [6.45, 7) is 0.311. The van der Waals surface area contributed by atoms with Crippen molar-refractivity contribution in [2.75, 3.05) is 13.2 Å². The summed E-state index contributed by atoms with van der Waals surface area (Å²) in [5, 5.41) is 28.1. The summed E-state index contributed by atoms with van der Waals surface area (Å²) in [6, 6.07) is 9.76. The summed E-state index contributed by atoms with van der Waals surface area (Å²) < 4.78 is 0. The van der Waals surface area contributed by atoms with E-state index in [9.17, 15) is 15.0 Å². The van der Waals surface area contributed by atoms with E-state index in [1.54, 1.807) is 0 Å². The average Bonchev–Trinajstić information content (AvgIpc) is 2.60.